The van der Waals surface area contributed by atoms with Gasteiger partial charge in [0.1, 0.15) is 18.3 Å². The third kappa shape index (κ3) is 5.00. The summed E-state index contributed by atoms with van der Waals surface area (Å²) >= 11 is 6.02. The van der Waals surface area contributed by atoms with E-state index in [0.29, 0.717) is 46.8 Å². The fourth-order valence-corrected chi connectivity index (χ4v) is 3.43. The van der Waals surface area contributed by atoms with E-state index in [1.165, 1.54) is 12.5 Å². The molecule has 1 N–H and O–H groups in total. The van der Waals surface area contributed by atoms with Crippen molar-refractivity contribution in [1.82, 2.24) is 19.9 Å². The number of anilines is 2. The van der Waals surface area contributed by atoms with E-state index in [2.05, 4.69) is 20.6 Å². The van der Waals surface area contributed by atoms with Gasteiger partial charge in [-0.3, -0.25) is 9.36 Å². The first-order valence-corrected chi connectivity index (χ1v) is 10.7. The molecule has 0 aliphatic heterocycles. The Morgan fingerprint density at radius 1 is 0.941 bits per heavy atom. The molecular weight excluding hydrogens is 458 g/mol. The largest absolute Gasteiger partial charge is 0.436 e. The van der Waals surface area contributed by atoms with Gasteiger partial charge in [0.2, 0.25) is 5.95 Å². The highest BCUT2D eigenvalue weighted by Gasteiger charge is 2.13. The van der Waals surface area contributed by atoms with Crippen LogP contribution in [0.15, 0.2) is 93.2 Å². The number of hydrogen-bond acceptors (Lipinski definition) is 8. The summed E-state index contributed by atoms with van der Waals surface area (Å²) in [7, 11) is 0. The third-order valence-electron chi connectivity index (χ3n) is 4.98. The van der Waals surface area contributed by atoms with Gasteiger partial charge in [-0.15, -0.1) is 0 Å². The van der Waals surface area contributed by atoms with E-state index >= 15 is 0 Å². The molecule has 0 fully saturated rings. The zero-order chi connectivity index (χ0) is 23.3. The number of nitrogens with zero attached hydrogens (tertiary/aromatic N) is 4. The highest BCUT2D eigenvalue weighted by molar-refractivity contribution is 6.30. The van der Waals surface area contributed by atoms with Gasteiger partial charge in [0.25, 0.3) is 11.4 Å². The van der Waals surface area contributed by atoms with Gasteiger partial charge in [-0.25, -0.2) is 4.98 Å². The zero-order valence-corrected chi connectivity index (χ0v) is 18.5. The van der Waals surface area contributed by atoms with Gasteiger partial charge in [-0.1, -0.05) is 28.9 Å². The fourth-order valence-electron chi connectivity index (χ4n) is 3.31. The highest BCUT2D eigenvalue weighted by atomic mass is 35.5. The minimum Gasteiger partial charge on any atom is -0.436 e. The number of nitrogens with one attached hydrogen (secondary N) is 1. The smallest absolute Gasteiger partial charge is 0.259 e. The molecule has 0 amide bonds. The summed E-state index contributed by atoms with van der Waals surface area (Å²) in [5.41, 5.74) is 2.62. The summed E-state index contributed by atoms with van der Waals surface area (Å²) in [6.45, 7) is 0.311. The second-order valence-electron chi connectivity index (χ2n) is 7.38. The van der Waals surface area contributed by atoms with Gasteiger partial charge >= 0.3 is 0 Å². The Labute approximate surface area is 198 Å². The summed E-state index contributed by atoms with van der Waals surface area (Å²) in [5, 5.41) is 11.5. The number of aromatic nitrogens is 4. The average Bonchev–Trinajstić information content (AvgIpc) is 3.55. The Morgan fingerprint density at radius 3 is 2.41 bits per heavy atom. The molecule has 3 aromatic heterocycles. The lowest BCUT2D eigenvalue weighted by Crippen LogP contribution is -2.27. The van der Waals surface area contributed by atoms with Gasteiger partial charge in [-0.2, -0.15) is 0 Å². The summed E-state index contributed by atoms with van der Waals surface area (Å²) < 4.78 is 16.8. The quantitative estimate of drug-likeness (QED) is 0.332. The first-order chi connectivity index (χ1) is 16.6. The Kier molecular flexibility index (Phi) is 6.09. The molecule has 2 aromatic carbocycles. The van der Waals surface area contributed by atoms with E-state index in [1.54, 1.807) is 47.2 Å². The molecule has 0 unspecified atom stereocenters. The van der Waals surface area contributed by atoms with Crippen molar-refractivity contribution in [3.05, 3.63) is 112 Å². The van der Waals surface area contributed by atoms with Crippen molar-refractivity contribution in [2.24, 2.45) is 0 Å². The van der Waals surface area contributed by atoms with Crippen LogP contribution in [0.5, 0.6) is 11.6 Å². The van der Waals surface area contributed by atoms with Crippen LogP contribution in [0.4, 0.5) is 11.6 Å². The molecule has 0 aliphatic carbocycles. The van der Waals surface area contributed by atoms with Crippen molar-refractivity contribution in [3.8, 4) is 11.6 Å². The first kappa shape index (κ1) is 21.5. The lowest BCUT2D eigenvalue weighted by molar-refractivity contribution is 0.367. The van der Waals surface area contributed by atoms with Crippen LogP contribution in [0.25, 0.3) is 0 Å². The number of ether oxygens (including phenoxy) is 1. The molecule has 9 nitrogen and oxygen atoms in total. The summed E-state index contributed by atoms with van der Waals surface area (Å²) in [5.74, 6) is 1.35. The van der Waals surface area contributed by atoms with E-state index in [-0.39, 0.29) is 5.56 Å². The maximum atomic E-state index is 13.4. The Hall–Kier alpha value is -4.37. The fraction of sp³-hybridized carbons (Fsp3) is 0.0833. The molecule has 3 heterocycles. The molecular formula is C24H18ClN5O4. The van der Waals surface area contributed by atoms with Crippen LogP contribution in [-0.2, 0) is 13.0 Å². The summed E-state index contributed by atoms with van der Waals surface area (Å²) in [6.07, 6.45) is 4.78. The molecule has 0 bridgehead atoms. The Bertz CT molecular complexity index is 1410. The lowest BCUT2D eigenvalue weighted by Gasteiger charge is -2.15. The standard InChI is InChI=1S/C24H18ClN5O4/c25-18-3-1-16(2-4-18)15-30-23(31)17(13-20-9-11-32-28-20)14-26-24(30)27-19-5-7-21(8-6-19)34-22-10-12-33-29-22/h1-12,14H,13,15H2,(H,26,27). The topological polar surface area (TPSA) is 108 Å². The van der Waals surface area contributed by atoms with E-state index in [4.69, 9.17) is 25.4 Å². The molecule has 5 rings (SSSR count). The van der Waals surface area contributed by atoms with Crippen molar-refractivity contribution in [2.75, 3.05) is 5.32 Å². The average molecular weight is 476 g/mol. The van der Waals surface area contributed by atoms with Crippen molar-refractivity contribution in [2.45, 2.75) is 13.0 Å². The highest BCUT2D eigenvalue weighted by Crippen LogP contribution is 2.23. The van der Waals surface area contributed by atoms with Gasteiger partial charge in [-0.05, 0) is 47.1 Å². The van der Waals surface area contributed by atoms with Crippen LogP contribution in [-0.4, -0.2) is 19.9 Å². The molecule has 34 heavy (non-hydrogen) atoms. The van der Waals surface area contributed by atoms with Crippen LogP contribution >= 0.6 is 11.6 Å². The minimum absolute atomic E-state index is 0.179. The van der Waals surface area contributed by atoms with Gasteiger partial charge in [0, 0.05) is 41.0 Å². The van der Waals surface area contributed by atoms with Crippen molar-refractivity contribution >= 4 is 23.2 Å². The van der Waals surface area contributed by atoms with E-state index < -0.39 is 0 Å². The number of rotatable bonds is 8. The molecule has 0 saturated carbocycles. The monoisotopic (exact) mass is 475 g/mol. The van der Waals surface area contributed by atoms with Crippen LogP contribution in [0.2, 0.25) is 5.02 Å². The van der Waals surface area contributed by atoms with Gasteiger partial charge in [0.15, 0.2) is 0 Å². The minimum atomic E-state index is -0.179. The van der Waals surface area contributed by atoms with Gasteiger partial charge in [0.05, 0.1) is 12.2 Å². The third-order valence-corrected chi connectivity index (χ3v) is 5.23. The second-order valence-corrected chi connectivity index (χ2v) is 7.82. The SMILES string of the molecule is O=c1c(Cc2ccon2)cnc(Nc2ccc(Oc3ccon3)cc2)n1Cc1ccc(Cl)cc1. The first-order valence-electron chi connectivity index (χ1n) is 10.3. The molecule has 0 spiro atoms. The molecule has 0 atom stereocenters. The zero-order valence-electron chi connectivity index (χ0n) is 17.7. The molecule has 0 aliphatic rings. The van der Waals surface area contributed by atoms with Crippen LogP contribution in [0.3, 0.4) is 0 Å². The second kappa shape index (κ2) is 9.63. The van der Waals surface area contributed by atoms with Crippen LogP contribution < -0.4 is 15.6 Å². The predicted octanol–water partition coefficient (Wildman–Crippen LogP) is 5.05. The Balaban J connectivity index is 1.43. The van der Waals surface area contributed by atoms with E-state index in [1.807, 2.05) is 24.3 Å². The number of hydrogen-bond donors (Lipinski definition) is 1. The number of benzene rings is 2. The van der Waals surface area contributed by atoms with E-state index in [9.17, 15) is 4.79 Å². The maximum Gasteiger partial charge on any atom is 0.259 e. The Morgan fingerprint density at radius 2 is 1.71 bits per heavy atom. The van der Waals surface area contributed by atoms with Gasteiger partial charge < -0.3 is 19.1 Å². The van der Waals surface area contributed by atoms with Crippen molar-refractivity contribution in [1.29, 1.82) is 0 Å². The lowest BCUT2D eigenvalue weighted by atomic mass is 10.2. The molecule has 0 saturated heterocycles. The number of halogens is 1. The van der Waals surface area contributed by atoms with Crippen LogP contribution in [0.1, 0.15) is 16.8 Å². The summed E-state index contributed by atoms with van der Waals surface area (Å²) in [6, 6.07) is 17.8. The molecule has 5 aromatic rings. The van der Waals surface area contributed by atoms with Crippen molar-refractivity contribution < 1.29 is 13.8 Å². The molecule has 0 radical (unpaired) electrons. The van der Waals surface area contributed by atoms with Crippen molar-refractivity contribution in [3.63, 3.8) is 0 Å². The normalized spacial score (nSPS) is 10.9. The molecule has 10 heteroatoms. The van der Waals surface area contributed by atoms with E-state index in [0.717, 1.165) is 11.3 Å². The predicted molar refractivity (Wildman–Crippen MR) is 125 cm³/mol. The summed E-state index contributed by atoms with van der Waals surface area (Å²) in [4.78, 5) is 17.9. The maximum absolute atomic E-state index is 13.4. The molecule has 170 valence electrons. The van der Waals surface area contributed by atoms with Crippen LogP contribution in [0, 0.1) is 0 Å².